The van der Waals surface area contributed by atoms with Crippen molar-refractivity contribution < 1.29 is 13.2 Å². The van der Waals surface area contributed by atoms with Crippen LogP contribution in [0.3, 0.4) is 0 Å². The quantitative estimate of drug-likeness (QED) is 0.723. The maximum Gasteiger partial charge on any atom is 0.223 e. The van der Waals surface area contributed by atoms with Gasteiger partial charge in [-0.15, -0.1) is 0 Å². The minimum absolute atomic E-state index is 0.0881. The monoisotopic (exact) mass is 351 g/mol. The highest BCUT2D eigenvalue weighted by molar-refractivity contribution is 7.91. The highest BCUT2D eigenvalue weighted by Gasteiger charge is 2.34. The first kappa shape index (κ1) is 19.0. The topological polar surface area (TPSA) is 54.5 Å². The van der Waals surface area contributed by atoms with Gasteiger partial charge in [-0.1, -0.05) is 44.5 Å². The van der Waals surface area contributed by atoms with Gasteiger partial charge in [0.15, 0.2) is 9.84 Å². The summed E-state index contributed by atoms with van der Waals surface area (Å²) in [6, 6.07) is 8.26. The molecule has 0 N–H and O–H groups in total. The lowest BCUT2D eigenvalue weighted by Crippen LogP contribution is -2.41. The SMILES string of the molecule is CCCCN(C(=O)CCc1ccc(CC)cc1)C1CCS(=O)(=O)C1. The van der Waals surface area contributed by atoms with Crippen LogP contribution in [0, 0.1) is 0 Å². The zero-order valence-electron chi connectivity index (χ0n) is 14.8. The van der Waals surface area contributed by atoms with Crippen molar-refractivity contribution >= 4 is 15.7 Å². The van der Waals surface area contributed by atoms with Crippen molar-refractivity contribution in [3.63, 3.8) is 0 Å². The van der Waals surface area contributed by atoms with E-state index in [9.17, 15) is 13.2 Å². The Morgan fingerprint density at radius 2 is 1.83 bits per heavy atom. The highest BCUT2D eigenvalue weighted by Crippen LogP contribution is 2.20. The van der Waals surface area contributed by atoms with E-state index in [4.69, 9.17) is 0 Å². The molecular weight excluding hydrogens is 322 g/mol. The molecule has 0 aliphatic carbocycles. The number of rotatable bonds is 8. The summed E-state index contributed by atoms with van der Waals surface area (Å²) in [6.07, 6.45) is 4.69. The first-order valence-electron chi connectivity index (χ1n) is 9.03. The summed E-state index contributed by atoms with van der Waals surface area (Å²) in [5.74, 6) is 0.435. The van der Waals surface area contributed by atoms with Crippen molar-refractivity contribution in [3.05, 3.63) is 35.4 Å². The van der Waals surface area contributed by atoms with Crippen molar-refractivity contribution in [2.45, 2.75) is 58.4 Å². The molecule has 134 valence electrons. The fraction of sp³-hybridized carbons (Fsp3) is 0.632. The summed E-state index contributed by atoms with van der Waals surface area (Å²) < 4.78 is 23.5. The van der Waals surface area contributed by atoms with Gasteiger partial charge in [0.05, 0.1) is 11.5 Å². The van der Waals surface area contributed by atoms with E-state index in [0.717, 1.165) is 24.8 Å². The zero-order chi connectivity index (χ0) is 17.6. The van der Waals surface area contributed by atoms with Gasteiger partial charge in [0, 0.05) is 19.0 Å². The minimum Gasteiger partial charge on any atom is -0.339 e. The number of hydrogen-bond acceptors (Lipinski definition) is 3. The summed E-state index contributed by atoms with van der Waals surface area (Å²) in [7, 11) is -2.97. The molecule has 1 heterocycles. The molecule has 4 nitrogen and oxygen atoms in total. The van der Waals surface area contributed by atoms with Crippen LogP contribution in [0.5, 0.6) is 0 Å². The fourth-order valence-electron chi connectivity index (χ4n) is 3.20. The number of aryl methyl sites for hydroxylation is 2. The molecule has 5 heteroatoms. The molecule has 1 fully saturated rings. The second-order valence-corrected chi connectivity index (χ2v) is 8.90. The highest BCUT2D eigenvalue weighted by atomic mass is 32.2. The Kier molecular flexibility index (Phi) is 6.84. The first-order chi connectivity index (χ1) is 11.4. The summed E-state index contributed by atoms with van der Waals surface area (Å²) in [5.41, 5.74) is 2.46. The number of benzene rings is 1. The van der Waals surface area contributed by atoms with E-state index >= 15 is 0 Å². The van der Waals surface area contributed by atoms with Crippen LogP contribution < -0.4 is 0 Å². The molecule has 1 amide bonds. The average Bonchev–Trinajstić information content (AvgIpc) is 2.93. The van der Waals surface area contributed by atoms with Crippen molar-refractivity contribution in [1.82, 2.24) is 4.90 Å². The Balaban J connectivity index is 1.96. The van der Waals surface area contributed by atoms with Gasteiger partial charge in [0.2, 0.25) is 5.91 Å². The molecule has 1 saturated heterocycles. The van der Waals surface area contributed by atoms with E-state index in [1.165, 1.54) is 5.56 Å². The normalized spacial score (nSPS) is 19.3. The van der Waals surface area contributed by atoms with Crippen LogP contribution in [0.4, 0.5) is 0 Å². The fourth-order valence-corrected chi connectivity index (χ4v) is 4.93. The lowest BCUT2D eigenvalue weighted by molar-refractivity contribution is -0.133. The Morgan fingerprint density at radius 1 is 1.17 bits per heavy atom. The Bertz CT molecular complexity index is 637. The maximum absolute atomic E-state index is 12.7. The van der Waals surface area contributed by atoms with E-state index in [0.29, 0.717) is 25.8 Å². The molecule has 1 aliphatic rings. The summed E-state index contributed by atoms with van der Waals surface area (Å²) in [6.45, 7) is 4.88. The van der Waals surface area contributed by atoms with E-state index in [1.807, 2.05) is 4.90 Å². The first-order valence-corrected chi connectivity index (χ1v) is 10.8. The lowest BCUT2D eigenvalue weighted by Gasteiger charge is -2.28. The molecule has 0 radical (unpaired) electrons. The lowest BCUT2D eigenvalue weighted by atomic mass is 10.0. The molecule has 2 rings (SSSR count). The largest absolute Gasteiger partial charge is 0.339 e. The Morgan fingerprint density at radius 3 is 2.38 bits per heavy atom. The van der Waals surface area contributed by atoms with Crippen molar-refractivity contribution in [2.75, 3.05) is 18.1 Å². The third-order valence-corrected chi connectivity index (χ3v) is 6.53. The number of unbranched alkanes of at least 4 members (excludes halogenated alkanes) is 1. The van der Waals surface area contributed by atoms with Gasteiger partial charge in [0.1, 0.15) is 0 Å². The predicted octanol–water partition coefficient (Wildman–Crippen LogP) is 3.00. The molecule has 0 aromatic heterocycles. The van der Waals surface area contributed by atoms with E-state index < -0.39 is 9.84 Å². The molecule has 1 unspecified atom stereocenters. The number of nitrogens with zero attached hydrogens (tertiary/aromatic N) is 1. The van der Waals surface area contributed by atoms with Crippen LogP contribution in [0.1, 0.15) is 50.7 Å². The van der Waals surface area contributed by atoms with Crippen LogP contribution >= 0.6 is 0 Å². The van der Waals surface area contributed by atoms with Crippen molar-refractivity contribution in [1.29, 1.82) is 0 Å². The van der Waals surface area contributed by atoms with E-state index in [-0.39, 0.29) is 23.5 Å². The second kappa shape index (κ2) is 8.65. The van der Waals surface area contributed by atoms with Gasteiger partial charge < -0.3 is 4.90 Å². The number of hydrogen-bond donors (Lipinski definition) is 0. The molecule has 24 heavy (non-hydrogen) atoms. The molecule has 1 atom stereocenters. The summed E-state index contributed by atoms with van der Waals surface area (Å²) in [4.78, 5) is 14.5. The Hall–Kier alpha value is -1.36. The minimum atomic E-state index is -2.97. The van der Waals surface area contributed by atoms with Crippen LogP contribution in [-0.2, 0) is 27.5 Å². The molecule has 0 spiro atoms. The molecule has 1 aromatic carbocycles. The number of amides is 1. The van der Waals surface area contributed by atoms with Crippen molar-refractivity contribution in [3.8, 4) is 0 Å². The zero-order valence-corrected chi connectivity index (χ0v) is 15.6. The molecule has 1 aliphatic heterocycles. The number of carbonyl (C=O) groups is 1. The average molecular weight is 352 g/mol. The van der Waals surface area contributed by atoms with Gasteiger partial charge in [-0.05, 0) is 36.8 Å². The van der Waals surface area contributed by atoms with E-state index in [2.05, 4.69) is 38.1 Å². The maximum atomic E-state index is 12.7. The van der Waals surface area contributed by atoms with Crippen LogP contribution in [-0.4, -0.2) is 43.3 Å². The molecular formula is C19H29NO3S. The molecule has 1 aromatic rings. The number of carbonyl (C=O) groups excluding carboxylic acids is 1. The third kappa shape index (κ3) is 5.33. The van der Waals surface area contributed by atoms with Gasteiger partial charge in [-0.2, -0.15) is 0 Å². The summed E-state index contributed by atoms with van der Waals surface area (Å²) >= 11 is 0. The van der Waals surface area contributed by atoms with Crippen LogP contribution in [0.15, 0.2) is 24.3 Å². The van der Waals surface area contributed by atoms with Gasteiger partial charge in [0.25, 0.3) is 0 Å². The smallest absolute Gasteiger partial charge is 0.223 e. The van der Waals surface area contributed by atoms with E-state index in [1.54, 1.807) is 0 Å². The summed E-state index contributed by atoms with van der Waals surface area (Å²) in [5, 5.41) is 0. The third-order valence-electron chi connectivity index (χ3n) is 4.78. The molecule has 0 saturated carbocycles. The van der Waals surface area contributed by atoms with Crippen LogP contribution in [0.2, 0.25) is 0 Å². The Labute approximate surface area is 146 Å². The van der Waals surface area contributed by atoms with Crippen LogP contribution in [0.25, 0.3) is 0 Å². The second-order valence-electron chi connectivity index (χ2n) is 6.67. The van der Waals surface area contributed by atoms with Gasteiger partial charge in [-0.25, -0.2) is 8.42 Å². The standard InChI is InChI=1S/C19H29NO3S/c1-3-5-13-20(18-12-14-24(22,23)15-18)19(21)11-10-17-8-6-16(4-2)7-9-17/h6-9,18H,3-5,10-15H2,1-2H3. The van der Waals surface area contributed by atoms with Gasteiger partial charge in [-0.3, -0.25) is 4.79 Å². The van der Waals surface area contributed by atoms with Gasteiger partial charge >= 0.3 is 0 Å². The van der Waals surface area contributed by atoms with Crippen molar-refractivity contribution in [2.24, 2.45) is 0 Å². The predicted molar refractivity (Wildman–Crippen MR) is 97.8 cm³/mol. The molecule has 0 bridgehead atoms. The number of sulfone groups is 1.